The highest BCUT2D eigenvalue weighted by atomic mass is 16.5. The molecule has 0 amide bonds. The summed E-state index contributed by atoms with van der Waals surface area (Å²) in [7, 11) is 3.34. The van der Waals surface area contributed by atoms with E-state index in [1.807, 2.05) is 12.1 Å². The molecule has 1 aliphatic carbocycles. The number of aliphatic hydroxyl groups excluding tert-OH is 1. The summed E-state index contributed by atoms with van der Waals surface area (Å²) in [5, 5.41) is 20.0. The number of hydrogen-bond donors (Lipinski definition) is 2. The number of phenolic OH excluding ortho intramolecular Hbond substituents is 1. The molecule has 0 saturated heterocycles. The summed E-state index contributed by atoms with van der Waals surface area (Å²) in [5.74, 6) is 2.02. The number of ether oxygens (including phenoxy) is 2. The topological polar surface area (TPSA) is 62.2 Å². The Kier molecular flexibility index (Phi) is 8.88. The third-order valence-corrected chi connectivity index (χ3v) is 8.14. The van der Waals surface area contributed by atoms with Crippen molar-refractivity contribution in [3.63, 3.8) is 0 Å². The lowest BCUT2D eigenvalue weighted by atomic mass is 9.79. The van der Waals surface area contributed by atoms with Crippen LogP contribution in [0.3, 0.4) is 0 Å². The maximum Gasteiger partial charge on any atom is 0.162 e. The van der Waals surface area contributed by atoms with Gasteiger partial charge in [-0.2, -0.15) is 0 Å². The summed E-state index contributed by atoms with van der Waals surface area (Å²) in [4.78, 5) is 2.26. The molecule has 1 atom stereocenters. The number of anilines is 1. The van der Waals surface area contributed by atoms with Crippen LogP contribution >= 0.6 is 0 Å². The number of benzene rings is 3. The molecule has 0 fully saturated rings. The lowest BCUT2D eigenvalue weighted by Crippen LogP contribution is -2.28. The average molecular weight is 518 g/mol. The molecule has 0 saturated carbocycles. The Labute approximate surface area is 228 Å². The summed E-state index contributed by atoms with van der Waals surface area (Å²) < 4.78 is 11.4. The number of aliphatic hydroxyl groups is 1. The molecule has 4 rings (SSSR count). The van der Waals surface area contributed by atoms with Crippen LogP contribution in [0, 0.1) is 5.41 Å². The van der Waals surface area contributed by atoms with Gasteiger partial charge in [-0.25, -0.2) is 0 Å². The van der Waals surface area contributed by atoms with Crippen LogP contribution in [-0.2, 0) is 25.8 Å². The van der Waals surface area contributed by atoms with Gasteiger partial charge in [0.15, 0.2) is 11.5 Å². The van der Waals surface area contributed by atoms with Gasteiger partial charge in [0.25, 0.3) is 0 Å². The van der Waals surface area contributed by atoms with Gasteiger partial charge in [0.1, 0.15) is 5.75 Å². The fraction of sp³-hybridized carbons (Fsp3) is 0.455. The van der Waals surface area contributed by atoms with Crippen LogP contribution in [0.5, 0.6) is 17.2 Å². The number of phenols is 1. The summed E-state index contributed by atoms with van der Waals surface area (Å²) in [6.45, 7) is 8.14. The Morgan fingerprint density at radius 3 is 2.26 bits per heavy atom. The smallest absolute Gasteiger partial charge is 0.162 e. The third kappa shape index (κ3) is 6.44. The minimum Gasteiger partial charge on any atom is -0.508 e. The van der Waals surface area contributed by atoms with E-state index < -0.39 is 0 Å². The van der Waals surface area contributed by atoms with Crippen LogP contribution in [0.1, 0.15) is 67.3 Å². The molecule has 3 aromatic rings. The number of fused-ring (bicyclic) bond motifs is 1. The number of hydrogen-bond acceptors (Lipinski definition) is 5. The lowest BCUT2D eigenvalue weighted by Gasteiger charge is -2.33. The molecule has 38 heavy (non-hydrogen) atoms. The molecule has 0 unspecified atom stereocenters. The molecule has 5 nitrogen and oxygen atoms in total. The maximum absolute atomic E-state index is 10.0. The van der Waals surface area contributed by atoms with E-state index in [1.54, 1.807) is 20.3 Å². The van der Waals surface area contributed by atoms with Gasteiger partial charge in [-0.3, -0.25) is 0 Å². The van der Waals surface area contributed by atoms with E-state index in [2.05, 4.69) is 62.1 Å². The van der Waals surface area contributed by atoms with Crippen molar-refractivity contribution < 1.29 is 19.7 Å². The molecule has 0 heterocycles. The van der Waals surface area contributed by atoms with Crippen LogP contribution in [0.15, 0.2) is 54.6 Å². The Bertz CT molecular complexity index is 1220. The first-order valence-electron chi connectivity index (χ1n) is 13.8. The second kappa shape index (κ2) is 12.1. The van der Waals surface area contributed by atoms with Crippen molar-refractivity contribution >= 4 is 5.69 Å². The first-order chi connectivity index (χ1) is 18.3. The quantitative estimate of drug-likeness (QED) is 0.298. The van der Waals surface area contributed by atoms with E-state index in [1.165, 1.54) is 27.8 Å². The predicted molar refractivity (Wildman–Crippen MR) is 155 cm³/mol. The molecule has 204 valence electrons. The zero-order valence-electron chi connectivity index (χ0n) is 23.6. The standard InChI is InChI=1S/C33H43NO4/c1-6-33(2,3)21-23-7-9-24(10-8-23)22-34(15-16-35)30-20-32(38-5)31(37-4)19-29(30)27-12-11-26-18-28(36)14-13-25(26)17-27/h7-10,13-14,18-20,27,35-36H,6,11-12,15-17,21-22H2,1-5H3/t27-/m1/s1. The van der Waals surface area contributed by atoms with Gasteiger partial charge in [-0.05, 0) is 83.0 Å². The number of aryl methyl sites for hydroxylation is 1. The maximum atomic E-state index is 10.0. The molecule has 0 radical (unpaired) electrons. The van der Waals surface area contributed by atoms with Crippen molar-refractivity contribution in [1.82, 2.24) is 0 Å². The summed E-state index contributed by atoms with van der Waals surface area (Å²) in [6.07, 6.45) is 5.00. The van der Waals surface area contributed by atoms with Gasteiger partial charge in [-0.15, -0.1) is 0 Å². The van der Waals surface area contributed by atoms with Crippen LogP contribution in [0.25, 0.3) is 0 Å². The van der Waals surface area contributed by atoms with E-state index in [9.17, 15) is 10.2 Å². The number of aromatic hydroxyl groups is 1. The fourth-order valence-electron chi connectivity index (χ4n) is 5.56. The Balaban J connectivity index is 1.67. The number of nitrogens with zero attached hydrogens (tertiary/aromatic N) is 1. The molecule has 0 bridgehead atoms. The van der Waals surface area contributed by atoms with Crippen molar-refractivity contribution in [1.29, 1.82) is 0 Å². The molecule has 0 spiro atoms. The number of methoxy groups -OCH3 is 2. The van der Waals surface area contributed by atoms with Crippen LogP contribution in [-0.4, -0.2) is 37.6 Å². The highest BCUT2D eigenvalue weighted by molar-refractivity contribution is 5.64. The van der Waals surface area contributed by atoms with Crippen molar-refractivity contribution in [3.05, 3.63) is 82.4 Å². The zero-order valence-corrected chi connectivity index (χ0v) is 23.6. The molecule has 3 aromatic carbocycles. The largest absolute Gasteiger partial charge is 0.508 e. The van der Waals surface area contributed by atoms with Crippen LogP contribution < -0.4 is 14.4 Å². The molecular formula is C33H43NO4. The van der Waals surface area contributed by atoms with Crippen molar-refractivity contribution in [2.75, 3.05) is 32.3 Å². The van der Waals surface area contributed by atoms with Crippen LogP contribution in [0.4, 0.5) is 5.69 Å². The van der Waals surface area contributed by atoms with Gasteiger partial charge in [-0.1, -0.05) is 57.5 Å². The van der Waals surface area contributed by atoms with Crippen molar-refractivity contribution in [2.45, 2.75) is 65.3 Å². The monoisotopic (exact) mass is 517 g/mol. The Hall–Kier alpha value is -3.18. The summed E-state index contributed by atoms with van der Waals surface area (Å²) in [6, 6.07) is 18.8. The number of rotatable bonds is 11. The van der Waals surface area contributed by atoms with Gasteiger partial charge in [0.05, 0.1) is 20.8 Å². The van der Waals surface area contributed by atoms with Gasteiger partial charge in [0, 0.05) is 24.8 Å². The van der Waals surface area contributed by atoms with E-state index in [0.717, 1.165) is 43.5 Å². The third-order valence-electron chi connectivity index (χ3n) is 8.14. The van der Waals surface area contributed by atoms with E-state index >= 15 is 0 Å². The second-order valence-electron chi connectivity index (χ2n) is 11.3. The highest BCUT2D eigenvalue weighted by Crippen LogP contribution is 2.43. The van der Waals surface area contributed by atoms with E-state index in [4.69, 9.17) is 9.47 Å². The van der Waals surface area contributed by atoms with E-state index in [-0.39, 0.29) is 12.0 Å². The molecule has 0 aromatic heterocycles. The van der Waals surface area contributed by atoms with Crippen molar-refractivity contribution in [3.8, 4) is 17.2 Å². The van der Waals surface area contributed by atoms with Gasteiger partial charge >= 0.3 is 0 Å². The normalized spacial score (nSPS) is 15.2. The highest BCUT2D eigenvalue weighted by Gasteiger charge is 2.27. The SMILES string of the molecule is CCC(C)(C)Cc1ccc(CN(CCO)c2cc(OC)c(OC)cc2[C@@H]2CCc3cc(O)ccc3C2)cc1. The second-order valence-corrected chi connectivity index (χ2v) is 11.3. The average Bonchev–Trinajstić information content (AvgIpc) is 2.92. The first-order valence-corrected chi connectivity index (χ1v) is 13.8. The zero-order chi connectivity index (χ0) is 27.3. The molecule has 1 aliphatic rings. The lowest BCUT2D eigenvalue weighted by molar-refractivity contribution is 0.301. The fourth-order valence-corrected chi connectivity index (χ4v) is 5.56. The van der Waals surface area contributed by atoms with Crippen LogP contribution in [0.2, 0.25) is 0 Å². The van der Waals surface area contributed by atoms with Gasteiger partial charge in [0.2, 0.25) is 0 Å². The summed E-state index contributed by atoms with van der Waals surface area (Å²) in [5.41, 5.74) is 7.63. The van der Waals surface area contributed by atoms with Gasteiger partial charge < -0.3 is 24.6 Å². The minimum atomic E-state index is 0.0589. The Morgan fingerprint density at radius 2 is 1.61 bits per heavy atom. The van der Waals surface area contributed by atoms with Crippen molar-refractivity contribution in [2.24, 2.45) is 5.41 Å². The Morgan fingerprint density at radius 1 is 0.921 bits per heavy atom. The first kappa shape index (κ1) is 27.8. The van der Waals surface area contributed by atoms with E-state index in [0.29, 0.717) is 30.5 Å². The molecule has 0 aliphatic heterocycles. The minimum absolute atomic E-state index is 0.0589. The predicted octanol–water partition coefficient (Wildman–Crippen LogP) is 6.66. The molecule has 2 N–H and O–H groups in total. The summed E-state index contributed by atoms with van der Waals surface area (Å²) >= 11 is 0. The molecular weight excluding hydrogens is 474 g/mol. The molecule has 5 heteroatoms.